The number of hydrogen-bond donors (Lipinski definition) is 2. The molecular formula is C23H31FN4O2. The summed E-state index contributed by atoms with van der Waals surface area (Å²) < 4.78 is 24.7. The number of methoxy groups -OCH3 is 1. The number of benzene rings is 2. The van der Waals surface area contributed by atoms with Crippen LogP contribution in [0.4, 0.5) is 10.1 Å². The van der Waals surface area contributed by atoms with E-state index in [2.05, 4.69) is 32.7 Å². The number of ether oxygens (including phenoxy) is 2. The summed E-state index contributed by atoms with van der Waals surface area (Å²) in [5.41, 5.74) is 1.19. The fourth-order valence-corrected chi connectivity index (χ4v) is 3.54. The Kier molecular flexibility index (Phi) is 7.76. The average molecular weight is 415 g/mol. The van der Waals surface area contributed by atoms with Gasteiger partial charge in [0.1, 0.15) is 11.9 Å². The molecule has 162 valence electrons. The minimum atomic E-state index is -0.353. The first-order valence-corrected chi connectivity index (χ1v) is 10.3. The minimum absolute atomic E-state index is 0.199. The van der Waals surface area contributed by atoms with Crippen molar-refractivity contribution in [2.75, 3.05) is 45.2 Å². The monoisotopic (exact) mass is 414 g/mol. The number of para-hydroxylation sites is 1. The van der Waals surface area contributed by atoms with E-state index in [9.17, 15) is 4.39 Å². The van der Waals surface area contributed by atoms with Crippen molar-refractivity contribution in [3.63, 3.8) is 0 Å². The lowest BCUT2D eigenvalue weighted by Gasteiger charge is -2.21. The number of halogens is 1. The van der Waals surface area contributed by atoms with E-state index in [1.54, 1.807) is 32.4 Å². The van der Waals surface area contributed by atoms with Crippen LogP contribution in [0.2, 0.25) is 0 Å². The maximum atomic E-state index is 13.7. The van der Waals surface area contributed by atoms with Crippen LogP contribution in [0.5, 0.6) is 11.5 Å². The third kappa shape index (κ3) is 6.02. The molecule has 0 bridgehead atoms. The van der Waals surface area contributed by atoms with Gasteiger partial charge in [0.05, 0.1) is 13.7 Å². The summed E-state index contributed by atoms with van der Waals surface area (Å²) in [5, 5.41) is 6.65. The van der Waals surface area contributed by atoms with Gasteiger partial charge in [-0.2, -0.15) is 0 Å². The third-order valence-electron chi connectivity index (χ3n) is 5.21. The molecule has 2 N–H and O–H groups in total. The molecule has 0 aromatic heterocycles. The van der Waals surface area contributed by atoms with Crippen molar-refractivity contribution in [1.82, 2.24) is 10.6 Å². The minimum Gasteiger partial charge on any atom is -0.497 e. The number of rotatable bonds is 8. The Bertz CT molecular complexity index is 845. The average Bonchev–Trinajstić information content (AvgIpc) is 3.24. The highest BCUT2D eigenvalue weighted by atomic mass is 19.1. The van der Waals surface area contributed by atoms with E-state index in [0.29, 0.717) is 12.5 Å². The van der Waals surface area contributed by atoms with Crippen molar-refractivity contribution in [1.29, 1.82) is 0 Å². The molecule has 1 heterocycles. The molecule has 6 nitrogen and oxygen atoms in total. The Hall–Kier alpha value is -2.96. The summed E-state index contributed by atoms with van der Waals surface area (Å²) in [7, 11) is 3.44. The highest BCUT2D eigenvalue weighted by molar-refractivity contribution is 5.79. The molecule has 0 saturated carbocycles. The topological polar surface area (TPSA) is 58.1 Å². The Labute approximate surface area is 178 Å². The zero-order valence-corrected chi connectivity index (χ0v) is 17.9. The summed E-state index contributed by atoms with van der Waals surface area (Å²) in [4.78, 5) is 6.66. The van der Waals surface area contributed by atoms with Crippen molar-refractivity contribution in [3.8, 4) is 11.5 Å². The van der Waals surface area contributed by atoms with Crippen molar-refractivity contribution in [3.05, 3.63) is 54.3 Å². The molecule has 1 aliphatic heterocycles. The maximum Gasteiger partial charge on any atom is 0.191 e. The third-order valence-corrected chi connectivity index (χ3v) is 5.21. The summed E-state index contributed by atoms with van der Waals surface area (Å²) >= 11 is 0. The molecule has 1 saturated heterocycles. The van der Waals surface area contributed by atoms with Crippen molar-refractivity contribution in [2.24, 2.45) is 10.9 Å². The van der Waals surface area contributed by atoms with E-state index < -0.39 is 0 Å². The Morgan fingerprint density at radius 3 is 2.83 bits per heavy atom. The van der Waals surface area contributed by atoms with Crippen molar-refractivity contribution < 1.29 is 13.9 Å². The number of nitrogens with zero attached hydrogens (tertiary/aromatic N) is 2. The SMILES string of the molecule is CN=C(NCC1CCN(c2cccc(OC)c2)C1)NCC(C)Oc1ccccc1F. The van der Waals surface area contributed by atoms with Gasteiger partial charge in [0.25, 0.3) is 0 Å². The van der Waals surface area contributed by atoms with Gasteiger partial charge >= 0.3 is 0 Å². The normalized spacial score (nSPS) is 17.5. The molecule has 1 aliphatic rings. The van der Waals surface area contributed by atoms with E-state index in [-0.39, 0.29) is 17.7 Å². The molecule has 3 rings (SSSR count). The standard InChI is InChI=1S/C23H31FN4O2/c1-17(30-22-10-5-4-9-21(22)24)14-26-23(25-2)27-15-18-11-12-28(16-18)19-7-6-8-20(13-19)29-3/h4-10,13,17-18H,11-12,14-16H2,1-3H3,(H2,25,26,27). The Morgan fingerprint density at radius 1 is 1.23 bits per heavy atom. The summed E-state index contributed by atoms with van der Waals surface area (Å²) in [5.74, 6) is 2.04. The van der Waals surface area contributed by atoms with Crippen molar-refractivity contribution >= 4 is 11.6 Å². The van der Waals surface area contributed by atoms with E-state index in [1.165, 1.54) is 11.8 Å². The van der Waals surface area contributed by atoms with Gasteiger partial charge in [-0.25, -0.2) is 4.39 Å². The van der Waals surface area contributed by atoms with E-state index >= 15 is 0 Å². The molecule has 2 atom stereocenters. The molecular weight excluding hydrogens is 383 g/mol. The van der Waals surface area contributed by atoms with Gasteiger partial charge in [-0.1, -0.05) is 18.2 Å². The van der Waals surface area contributed by atoms with Gasteiger partial charge in [0.15, 0.2) is 17.5 Å². The lowest BCUT2D eigenvalue weighted by atomic mass is 10.1. The number of guanidine groups is 1. The molecule has 2 unspecified atom stereocenters. The van der Waals surface area contributed by atoms with Gasteiger partial charge in [-0.05, 0) is 43.5 Å². The zero-order chi connectivity index (χ0) is 21.3. The molecule has 7 heteroatoms. The number of aliphatic imine (C=N–C) groups is 1. The van der Waals surface area contributed by atoms with E-state index in [1.807, 2.05) is 19.1 Å². The van der Waals surface area contributed by atoms with Crippen molar-refractivity contribution in [2.45, 2.75) is 19.4 Å². The molecule has 0 amide bonds. The fourth-order valence-electron chi connectivity index (χ4n) is 3.54. The van der Waals surface area contributed by atoms with Crippen LogP contribution in [0.1, 0.15) is 13.3 Å². The highest BCUT2D eigenvalue weighted by Gasteiger charge is 2.23. The second kappa shape index (κ2) is 10.7. The van der Waals surface area contributed by atoms with E-state index in [4.69, 9.17) is 9.47 Å². The summed E-state index contributed by atoms with van der Waals surface area (Å²) in [6, 6.07) is 14.6. The Morgan fingerprint density at radius 2 is 2.07 bits per heavy atom. The lowest BCUT2D eigenvalue weighted by Crippen LogP contribution is -2.43. The van der Waals surface area contributed by atoms with E-state index in [0.717, 1.165) is 37.8 Å². The molecule has 0 spiro atoms. The van der Waals surface area contributed by atoms with Crippen LogP contribution in [-0.4, -0.2) is 52.4 Å². The number of nitrogens with one attached hydrogen (secondary N) is 2. The lowest BCUT2D eigenvalue weighted by molar-refractivity contribution is 0.214. The first-order chi connectivity index (χ1) is 14.6. The molecule has 2 aromatic carbocycles. The van der Waals surface area contributed by atoms with Crippen LogP contribution in [0.3, 0.4) is 0 Å². The second-order valence-corrected chi connectivity index (χ2v) is 7.50. The van der Waals surface area contributed by atoms with Crippen LogP contribution < -0.4 is 25.0 Å². The van der Waals surface area contributed by atoms with Crippen LogP contribution in [0, 0.1) is 11.7 Å². The van der Waals surface area contributed by atoms with Crippen LogP contribution in [0.25, 0.3) is 0 Å². The zero-order valence-electron chi connectivity index (χ0n) is 17.9. The Balaban J connectivity index is 1.41. The van der Waals surface area contributed by atoms with Gasteiger partial charge in [-0.15, -0.1) is 0 Å². The fraction of sp³-hybridized carbons (Fsp3) is 0.435. The smallest absolute Gasteiger partial charge is 0.191 e. The maximum absolute atomic E-state index is 13.7. The van der Waals surface area contributed by atoms with Crippen LogP contribution >= 0.6 is 0 Å². The first-order valence-electron chi connectivity index (χ1n) is 10.3. The number of hydrogen-bond acceptors (Lipinski definition) is 4. The van der Waals surface area contributed by atoms with Gasteiger partial charge in [0, 0.05) is 38.4 Å². The van der Waals surface area contributed by atoms with Gasteiger partial charge < -0.3 is 25.0 Å². The molecule has 2 aromatic rings. The quantitative estimate of drug-likeness (QED) is 0.513. The highest BCUT2D eigenvalue weighted by Crippen LogP contribution is 2.26. The van der Waals surface area contributed by atoms with Gasteiger partial charge in [0.2, 0.25) is 0 Å². The predicted octanol–water partition coefficient (Wildman–Crippen LogP) is 3.29. The summed E-state index contributed by atoms with van der Waals surface area (Å²) in [6.07, 6.45) is 0.920. The second-order valence-electron chi connectivity index (χ2n) is 7.50. The molecule has 0 aliphatic carbocycles. The predicted molar refractivity (Wildman–Crippen MR) is 119 cm³/mol. The largest absolute Gasteiger partial charge is 0.497 e. The van der Waals surface area contributed by atoms with Crippen LogP contribution in [0.15, 0.2) is 53.5 Å². The first kappa shape index (κ1) is 21.7. The van der Waals surface area contributed by atoms with Gasteiger partial charge in [-0.3, -0.25) is 4.99 Å². The molecule has 1 fully saturated rings. The number of anilines is 1. The molecule has 0 radical (unpaired) electrons. The van der Waals surface area contributed by atoms with Crippen LogP contribution in [-0.2, 0) is 0 Å². The summed E-state index contributed by atoms with van der Waals surface area (Å²) in [6.45, 7) is 5.27. The molecule has 30 heavy (non-hydrogen) atoms.